The molecule has 0 atom stereocenters. The van der Waals surface area contributed by atoms with Gasteiger partial charge >= 0.3 is 0 Å². The third kappa shape index (κ3) is 3.08. The maximum atomic E-state index is 11.4. The summed E-state index contributed by atoms with van der Waals surface area (Å²) < 4.78 is 5.84. The van der Waals surface area contributed by atoms with Gasteiger partial charge in [0.2, 0.25) is 11.8 Å². The zero-order valence-corrected chi connectivity index (χ0v) is 13.0. The normalized spacial score (nSPS) is 14.2. The van der Waals surface area contributed by atoms with Crippen molar-refractivity contribution in [3.05, 3.63) is 41.9 Å². The first-order valence-corrected chi connectivity index (χ1v) is 7.36. The van der Waals surface area contributed by atoms with E-state index in [1.54, 1.807) is 12.3 Å². The molecule has 1 aromatic heterocycles. The average molecular weight is 297 g/mol. The summed E-state index contributed by atoms with van der Waals surface area (Å²) in [6, 6.07) is 7.40. The summed E-state index contributed by atoms with van der Waals surface area (Å²) in [6.45, 7) is 6.19. The second-order valence-electron chi connectivity index (χ2n) is 6.44. The molecule has 5 nitrogen and oxygen atoms in total. The van der Waals surface area contributed by atoms with Gasteiger partial charge in [0.05, 0.1) is 0 Å². The Bertz CT molecular complexity index is 720. The van der Waals surface area contributed by atoms with Crippen molar-refractivity contribution >= 4 is 11.6 Å². The number of aryl methyl sites for hydroxylation is 1. The number of nitrogens with zero attached hydrogens (tertiary/aromatic N) is 2. The molecule has 2 heterocycles. The van der Waals surface area contributed by atoms with Crippen molar-refractivity contribution in [2.24, 2.45) is 0 Å². The van der Waals surface area contributed by atoms with Crippen LogP contribution in [0, 0.1) is 0 Å². The van der Waals surface area contributed by atoms with Gasteiger partial charge in [-0.3, -0.25) is 4.79 Å². The van der Waals surface area contributed by atoms with E-state index < -0.39 is 0 Å². The molecule has 0 aliphatic carbocycles. The predicted octanol–water partition coefficient (Wildman–Crippen LogP) is 3.45. The Morgan fingerprint density at radius 1 is 1.18 bits per heavy atom. The summed E-state index contributed by atoms with van der Waals surface area (Å²) in [5.74, 6) is 2.05. The average Bonchev–Trinajstić information content (AvgIpc) is 2.47. The van der Waals surface area contributed by atoms with Gasteiger partial charge in [-0.25, -0.2) is 4.98 Å². The van der Waals surface area contributed by atoms with E-state index in [9.17, 15) is 4.79 Å². The van der Waals surface area contributed by atoms with Gasteiger partial charge < -0.3 is 10.1 Å². The fourth-order valence-electron chi connectivity index (χ4n) is 2.30. The third-order valence-corrected chi connectivity index (χ3v) is 3.50. The molecule has 0 fully saturated rings. The van der Waals surface area contributed by atoms with Gasteiger partial charge in [-0.1, -0.05) is 20.8 Å². The number of amides is 1. The molecule has 1 aliphatic rings. The molecule has 0 saturated heterocycles. The zero-order chi connectivity index (χ0) is 15.7. The van der Waals surface area contributed by atoms with Crippen LogP contribution in [-0.4, -0.2) is 15.9 Å². The molecule has 5 heteroatoms. The lowest BCUT2D eigenvalue weighted by Crippen LogP contribution is -2.18. The van der Waals surface area contributed by atoms with Crippen molar-refractivity contribution in [1.82, 2.24) is 9.97 Å². The zero-order valence-electron chi connectivity index (χ0n) is 13.0. The minimum absolute atomic E-state index is 0.0618. The number of hydrogen-bond donors (Lipinski definition) is 1. The van der Waals surface area contributed by atoms with Gasteiger partial charge in [0.15, 0.2) is 0 Å². The molecule has 1 amide bonds. The van der Waals surface area contributed by atoms with Gasteiger partial charge in [0.25, 0.3) is 0 Å². The summed E-state index contributed by atoms with van der Waals surface area (Å²) in [6.07, 6.45) is 2.95. The fourth-order valence-corrected chi connectivity index (χ4v) is 2.30. The summed E-state index contributed by atoms with van der Waals surface area (Å²) in [5, 5.41) is 2.86. The summed E-state index contributed by atoms with van der Waals surface area (Å²) in [5.41, 5.74) is 1.82. The molecule has 0 saturated carbocycles. The van der Waals surface area contributed by atoms with Crippen molar-refractivity contribution < 1.29 is 9.53 Å². The summed E-state index contributed by atoms with van der Waals surface area (Å²) >= 11 is 0. The van der Waals surface area contributed by atoms with Crippen LogP contribution in [0.1, 0.15) is 38.6 Å². The number of benzene rings is 1. The van der Waals surface area contributed by atoms with Crippen molar-refractivity contribution in [3.8, 4) is 11.6 Å². The Kier molecular flexibility index (Phi) is 3.56. The highest BCUT2D eigenvalue weighted by atomic mass is 16.5. The van der Waals surface area contributed by atoms with E-state index in [0.29, 0.717) is 18.1 Å². The molecule has 1 N–H and O–H groups in total. The molecular formula is C17H19N3O2. The molecule has 22 heavy (non-hydrogen) atoms. The van der Waals surface area contributed by atoms with E-state index in [4.69, 9.17) is 4.74 Å². The molecule has 1 aromatic carbocycles. The summed E-state index contributed by atoms with van der Waals surface area (Å²) in [7, 11) is 0. The van der Waals surface area contributed by atoms with Crippen LogP contribution in [-0.2, 0) is 16.6 Å². The number of hydrogen-bond acceptors (Lipinski definition) is 4. The van der Waals surface area contributed by atoms with Crippen LogP contribution in [0.25, 0.3) is 0 Å². The highest BCUT2D eigenvalue weighted by molar-refractivity contribution is 5.94. The van der Waals surface area contributed by atoms with Crippen LogP contribution in [0.2, 0.25) is 0 Å². The molecule has 0 unspecified atom stereocenters. The second kappa shape index (κ2) is 5.40. The van der Waals surface area contributed by atoms with Crippen LogP contribution in [0.15, 0.2) is 30.5 Å². The second-order valence-corrected chi connectivity index (χ2v) is 6.44. The SMILES string of the molecule is CC(C)(C)c1nccc(Oc2ccc3c(c2)CCC(=O)N3)n1. The van der Waals surface area contributed by atoms with E-state index in [-0.39, 0.29) is 11.3 Å². The highest BCUT2D eigenvalue weighted by Gasteiger charge is 2.18. The Morgan fingerprint density at radius 2 is 2.00 bits per heavy atom. The molecule has 0 bridgehead atoms. The molecule has 0 radical (unpaired) electrons. The monoisotopic (exact) mass is 297 g/mol. The smallest absolute Gasteiger partial charge is 0.224 e. The molecular weight excluding hydrogens is 278 g/mol. The van der Waals surface area contributed by atoms with Crippen molar-refractivity contribution in [2.45, 2.75) is 39.0 Å². The Balaban J connectivity index is 1.83. The fraction of sp³-hybridized carbons (Fsp3) is 0.353. The number of aromatic nitrogens is 2. The van der Waals surface area contributed by atoms with Gasteiger partial charge in [0, 0.05) is 29.8 Å². The standard InChI is InChI=1S/C17H19N3O2/c1-17(2,3)16-18-9-8-15(20-16)22-12-5-6-13-11(10-12)4-7-14(21)19-13/h5-6,8-10H,4,7H2,1-3H3,(H,19,21). The molecule has 1 aliphatic heterocycles. The number of nitrogens with one attached hydrogen (secondary N) is 1. The van der Waals surface area contributed by atoms with E-state index in [2.05, 4.69) is 36.1 Å². The van der Waals surface area contributed by atoms with Crippen molar-refractivity contribution in [2.75, 3.05) is 5.32 Å². The van der Waals surface area contributed by atoms with E-state index in [1.165, 1.54) is 0 Å². The molecule has 0 spiro atoms. The molecule has 114 valence electrons. The Morgan fingerprint density at radius 3 is 2.77 bits per heavy atom. The van der Waals surface area contributed by atoms with E-state index in [0.717, 1.165) is 23.5 Å². The van der Waals surface area contributed by atoms with Crippen molar-refractivity contribution in [1.29, 1.82) is 0 Å². The number of carbonyl (C=O) groups excluding carboxylic acids is 1. The maximum absolute atomic E-state index is 11.4. The van der Waals surface area contributed by atoms with E-state index in [1.807, 2.05) is 18.2 Å². The van der Waals surface area contributed by atoms with Crippen molar-refractivity contribution in [3.63, 3.8) is 0 Å². The van der Waals surface area contributed by atoms with Gasteiger partial charge in [0.1, 0.15) is 11.6 Å². The van der Waals surface area contributed by atoms with E-state index >= 15 is 0 Å². The minimum atomic E-state index is -0.125. The molecule has 2 aromatic rings. The Hall–Kier alpha value is -2.43. The number of fused-ring (bicyclic) bond motifs is 1. The lowest BCUT2D eigenvalue weighted by Gasteiger charge is -2.18. The summed E-state index contributed by atoms with van der Waals surface area (Å²) in [4.78, 5) is 20.1. The predicted molar refractivity (Wildman–Crippen MR) is 84.2 cm³/mol. The van der Waals surface area contributed by atoms with Crippen LogP contribution in [0.4, 0.5) is 5.69 Å². The molecule has 3 rings (SSSR count). The van der Waals surface area contributed by atoms with Crippen LogP contribution >= 0.6 is 0 Å². The Labute approximate surface area is 129 Å². The van der Waals surface area contributed by atoms with Crippen LogP contribution in [0.5, 0.6) is 11.6 Å². The number of rotatable bonds is 2. The maximum Gasteiger partial charge on any atom is 0.224 e. The first kappa shape index (κ1) is 14.5. The quantitative estimate of drug-likeness (QED) is 0.922. The van der Waals surface area contributed by atoms with Gasteiger partial charge in [-0.2, -0.15) is 4.98 Å². The number of carbonyl (C=O) groups is 1. The van der Waals surface area contributed by atoms with Crippen LogP contribution < -0.4 is 10.1 Å². The largest absolute Gasteiger partial charge is 0.439 e. The minimum Gasteiger partial charge on any atom is -0.439 e. The first-order valence-electron chi connectivity index (χ1n) is 7.36. The lowest BCUT2D eigenvalue weighted by molar-refractivity contribution is -0.116. The lowest BCUT2D eigenvalue weighted by atomic mass is 9.96. The van der Waals surface area contributed by atoms with Crippen LogP contribution in [0.3, 0.4) is 0 Å². The topological polar surface area (TPSA) is 64.1 Å². The third-order valence-electron chi connectivity index (χ3n) is 3.50. The number of anilines is 1. The highest BCUT2D eigenvalue weighted by Crippen LogP contribution is 2.29. The number of ether oxygens (including phenoxy) is 1. The first-order chi connectivity index (χ1) is 10.4. The van der Waals surface area contributed by atoms with Gasteiger partial charge in [-0.05, 0) is 30.2 Å². The van der Waals surface area contributed by atoms with Gasteiger partial charge in [-0.15, -0.1) is 0 Å².